The molecule has 0 aromatic carbocycles. The molecule has 2 radical (unpaired) electrons. The first-order chi connectivity index (χ1) is 10.9. The van der Waals surface area contributed by atoms with Crippen LogP contribution in [-0.2, 0) is 23.6 Å². The molecule has 122 valence electrons. The molecule has 1 heterocycles. The number of carbonyl (C=O) groups excluding carboxylic acids is 3. The fraction of sp³-hybridized carbons (Fsp3) is 0.533. The van der Waals surface area contributed by atoms with E-state index in [1.807, 2.05) is 0 Å². The molecule has 8 heteroatoms. The van der Waals surface area contributed by atoms with Gasteiger partial charge < -0.3 is 9.26 Å². The third kappa shape index (κ3) is 5.07. The van der Waals surface area contributed by atoms with Crippen LogP contribution in [0, 0.1) is 0 Å². The molecule has 1 aliphatic carbocycles. The highest BCUT2D eigenvalue weighted by atomic mass is 32.0. The average Bonchev–Trinajstić information content (AvgIpc) is 2.97. The molecule has 1 fully saturated rings. The Morgan fingerprint density at radius 2 is 2.17 bits per heavy atom. The van der Waals surface area contributed by atoms with Gasteiger partial charge in [-0.05, 0) is 13.3 Å². The van der Waals surface area contributed by atoms with Crippen LogP contribution in [0.15, 0.2) is 23.3 Å². The number of Topliss-reactive ketones (excluding diaryl/α,β-unsaturated/α-hetero) is 2. The number of fused-ring (bicyclic) bond motifs is 1. The molecule has 5 nitrogen and oxygen atoms in total. The minimum atomic E-state index is -1.13. The van der Waals surface area contributed by atoms with Gasteiger partial charge >= 0.3 is 5.97 Å². The first kappa shape index (κ1) is 18.5. The third-order valence-electron chi connectivity index (χ3n) is 3.86. The van der Waals surface area contributed by atoms with Gasteiger partial charge in [0.15, 0.2) is 7.57 Å². The number of hydrogen-bond donors (Lipinski definition) is 0. The van der Waals surface area contributed by atoms with Crippen LogP contribution in [0.4, 0.5) is 0 Å². The molecule has 2 rings (SSSR count). The molecule has 4 atom stereocenters. The number of allylic oxidation sites excluding steroid dienone is 1. The van der Waals surface area contributed by atoms with Gasteiger partial charge in [-0.25, -0.2) is 4.79 Å². The lowest BCUT2D eigenvalue weighted by Crippen LogP contribution is -2.12. The molecular formula is C15H19BO5P2. The van der Waals surface area contributed by atoms with Crippen molar-refractivity contribution in [2.45, 2.75) is 51.2 Å². The van der Waals surface area contributed by atoms with Crippen LogP contribution in [0.25, 0.3) is 0 Å². The van der Waals surface area contributed by atoms with Crippen LogP contribution >= 0.6 is 16.6 Å². The molecule has 23 heavy (non-hydrogen) atoms. The van der Waals surface area contributed by atoms with Crippen molar-refractivity contribution in [2.75, 3.05) is 0 Å². The van der Waals surface area contributed by atoms with Gasteiger partial charge in [-0.15, -0.1) is 0 Å². The molecule has 0 spiro atoms. The Labute approximate surface area is 140 Å². The van der Waals surface area contributed by atoms with E-state index in [0.717, 1.165) is 11.1 Å². The normalized spacial score (nSPS) is 25.9. The van der Waals surface area contributed by atoms with Crippen molar-refractivity contribution in [3.8, 4) is 0 Å². The second-order valence-corrected chi connectivity index (χ2v) is 7.97. The van der Waals surface area contributed by atoms with Crippen molar-refractivity contribution in [2.24, 2.45) is 0 Å². The number of ether oxygens (including phenoxy) is 1. The van der Waals surface area contributed by atoms with Crippen LogP contribution in [0.1, 0.15) is 39.0 Å². The Bertz CT molecular complexity index is 570. The Morgan fingerprint density at radius 3 is 2.83 bits per heavy atom. The van der Waals surface area contributed by atoms with Gasteiger partial charge in [0.2, 0.25) is 0 Å². The summed E-state index contributed by atoms with van der Waals surface area (Å²) in [5.41, 5.74) is 1.58. The van der Waals surface area contributed by atoms with Crippen molar-refractivity contribution in [3.05, 3.63) is 23.3 Å². The molecule has 0 saturated heterocycles. The number of ketones is 2. The van der Waals surface area contributed by atoms with E-state index in [2.05, 4.69) is 8.93 Å². The topological polar surface area (TPSA) is 69.7 Å². The van der Waals surface area contributed by atoms with E-state index in [4.69, 9.17) is 16.8 Å². The summed E-state index contributed by atoms with van der Waals surface area (Å²) in [6.07, 6.45) is 4.37. The molecule has 0 amide bonds. The van der Waals surface area contributed by atoms with E-state index in [9.17, 15) is 14.4 Å². The Hall–Kier alpha value is -0.825. The summed E-state index contributed by atoms with van der Waals surface area (Å²) in [6.45, 7) is 1.78. The largest absolute Gasteiger partial charge is 0.454 e. The molecule has 1 aliphatic heterocycles. The van der Waals surface area contributed by atoms with Gasteiger partial charge in [0.1, 0.15) is 17.7 Å². The highest BCUT2D eigenvalue weighted by Gasteiger charge is 2.41. The smallest absolute Gasteiger partial charge is 0.331 e. The van der Waals surface area contributed by atoms with E-state index in [0.29, 0.717) is 12.8 Å². The quantitative estimate of drug-likeness (QED) is 0.382. The number of rotatable bonds is 8. The maximum Gasteiger partial charge on any atom is 0.331 e. The number of esters is 1. The van der Waals surface area contributed by atoms with Crippen LogP contribution < -0.4 is 0 Å². The van der Waals surface area contributed by atoms with Crippen molar-refractivity contribution in [1.82, 2.24) is 0 Å². The second kappa shape index (κ2) is 8.33. The van der Waals surface area contributed by atoms with E-state index < -0.39 is 7.72 Å². The molecule has 0 N–H and O–H groups in total. The monoisotopic (exact) mass is 352 g/mol. The summed E-state index contributed by atoms with van der Waals surface area (Å²) in [5, 5.41) is 0. The maximum atomic E-state index is 11.9. The first-order valence-electron chi connectivity index (χ1n) is 7.53. The third-order valence-corrected chi connectivity index (χ3v) is 4.73. The summed E-state index contributed by atoms with van der Waals surface area (Å²) in [7, 11) is 6.99. The van der Waals surface area contributed by atoms with Gasteiger partial charge in [-0.1, -0.05) is 21.9 Å². The highest BCUT2D eigenvalue weighted by molar-refractivity contribution is 8.23. The minimum absolute atomic E-state index is 0.00627. The lowest BCUT2D eigenvalue weighted by atomic mass is 10.0. The zero-order chi connectivity index (χ0) is 17.0. The van der Waals surface area contributed by atoms with Gasteiger partial charge in [-0.2, -0.15) is 0 Å². The van der Waals surface area contributed by atoms with Crippen LogP contribution in [0.2, 0.25) is 0 Å². The summed E-state index contributed by atoms with van der Waals surface area (Å²) in [4.78, 5) is 34.6. The van der Waals surface area contributed by atoms with Crippen molar-refractivity contribution in [1.29, 1.82) is 0 Å². The average molecular weight is 352 g/mol. The van der Waals surface area contributed by atoms with E-state index in [1.54, 1.807) is 13.0 Å². The van der Waals surface area contributed by atoms with E-state index in [-0.39, 0.29) is 49.0 Å². The van der Waals surface area contributed by atoms with Crippen LogP contribution in [0.5, 0.6) is 0 Å². The van der Waals surface area contributed by atoms with Gasteiger partial charge in [0, 0.05) is 43.8 Å². The van der Waals surface area contributed by atoms with Crippen molar-refractivity contribution < 1.29 is 23.6 Å². The zero-order valence-electron chi connectivity index (χ0n) is 13.0. The molecule has 0 aromatic rings. The standard InChI is InChI=1S/C15H19BO5P2/c1-2-9(17)3-4-10(18)5-6-11-12-7-15(19)20-13(12)8-14(11)21-23(16)22/h6-7,13-14H,2-5,8,22H2,1H3/t13-,14+,23?/m0/s1. The summed E-state index contributed by atoms with van der Waals surface area (Å²) in [6, 6.07) is 0. The Balaban J connectivity index is 2.03. The molecule has 1 saturated carbocycles. The van der Waals surface area contributed by atoms with Crippen LogP contribution in [0.3, 0.4) is 0 Å². The number of carbonyl (C=O) groups is 3. The van der Waals surface area contributed by atoms with E-state index in [1.165, 1.54) is 6.08 Å². The first-order valence-corrected chi connectivity index (χ1v) is 10.5. The number of hydrogen-bond acceptors (Lipinski definition) is 5. The fourth-order valence-corrected chi connectivity index (χ4v) is 3.62. The molecule has 2 aliphatic rings. The SMILES string of the molecule is [B]P(P)O[C@@H]1C[C@@H]2OC(=O)C=C2C1=CCC(=O)CCC(=O)CC. The minimum Gasteiger partial charge on any atom is -0.454 e. The second-order valence-electron chi connectivity index (χ2n) is 5.51. The van der Waals surface area contributed by atoms with E-state index >= 15 is 0 Å². The summed E-state index contributed by atoms with van der Waals surface area (Å²) >= 11 is 0. The fourth-order valence-electron chi connectivity index (χ4n) is 2.69. The zero-order valence-corrected chi connectivity index (χ0v) is 15.0. The molecule has 0 aromatic heterocycles. The highest BCUT2D eigenvalue weighted by Crippen LogP contribution is 2.48. The van der Waals surface area contributed by atoms with Gasteiger partial charge in [-0.3, -0.25) is 9.59 Å². The Morgan fingerprint density at radius 1 is 1.48 bits per heavy atom. The molecule has 2 unspecified atom stereocenters. The lowest BCUT2D eigenvalue weighted by molar-refractivity contribution is -0.139. The predicted octanol–water partition coefficient (Wildman–Crippen LogP) is 2.54. The summed E-state index contributed by atoms with van der Waals surface area (Å²) < 4.78 is 10.9. The van der Waals surface area contributed by atoms with Crippen molar-refractivity contribution in [3.63, 3.8) is 0 Å². The van der Waals surface area contributed by atoms with Crippen LogP contribution in [-0.4, -0.2) is 37.3 Å². The lowest BCUT2D eigenvalue weighted by Gasteiger charge is -2.17. The Kier molecular flexibility index (Phi) is 6.70. The molecule has 0 bridgehead atoms. The molecular weight excluding hydrogens is 333 g/mol. The van der Waals surface area contributed by atoms with Crippen molar-refractivity contribution >= 4 is 41.7 Å². The summed E-state index contributed by atoms with van der Waals surface area (Å²) in [5.74, 6) is -0.286. The van der Waals surface area contributed by atoms with Gasteiger partial charge in [0.25, 0.3) is 0 Å². The predicted molar refractivity (Wildman–Crippen MR) is 92.1 cm³/mol. The maximum absolute atomic E-state index is 11.9. The van der Waals surface area contributed by atoms with Gasteiger partial charge in [0.05, 0.1) is 6.10 Å².